The lowest BCUT2D eigenvalue weighted by Crippen LogP contribution is -2.42. The van der Waals surface area contributed by atoms with Crippen molar-refractivity contribution in [3.63, 3.8) is 0 Å². The molecule has 0 atom stereocenters. The minimum absolute atomic E-state index is 0.0589. The topological polar surface area (TPSA) is 20.3 Å². The highest BCUT2D eigenvalue weighted by Gasteiger charge is 2.32. The van der Waals surface area contributed by atoms with Crippen LogP contribution in [0, 0.1) is 0 Å². The molecular formula is C18H21ClF3NO. The van der Waals surface area contributed by atoms with Crippen LogP contribution in [0.5, 0.6) is 0 Å². The highest BCUT2D eigenvalue weighted by atomic mass is 35.5. The summed E-state index contributed by atoms with van der Waals surface area (Å²) >= 11 is 5.83. The van der Waals surface area contributed by atoms with Crippen molar-refractivity contribution in [2.24, 2.45) is 0 Å². The van der Waals surface area contributed by atoms with E-state index in [-0.39, 0.29) is 17.7 Å². The van der Waals surface area contributed by atoms with Crippen LogP contribution in [0.1, 0.15) is 33.3 Å². The summed E-state index contributed by atoms with van der Waals surface area (Å²) in [6.45, 7) is 10.3. The van der Waals surface area contributed by atoms with E-state index in [1.165, 1.54) is 29.2 Å². The normalized spacial score (nSPS) is 12.7. The van der Waals surface area contributed by atoms with Gasteiger partial charge in [0, 0.05) is 28.3 Å². The highest BCUT2D eigenvalue weighted by Crippen LogP contribution is 2.30. The van der Waals surface area contributed by atoms with E-state index in [1.54, 1.807) is 0 Å². The Bertz CT molecular complexity index is 623. The molecule has 0 heterocycles. The average molecular weight is 360 g/mol. The standard InChI is InChI=1S/C18H21ClF3NO/c1-11(2)23(12(3)4)17(24)16(10-13(5)18(20,21)22)14-6-8-15(19)9-7-14/h6-12H,5H2,1-4H3/b16-10+. The highest BCUT2D eigenvalue weighted by molar-refractivity contribution is 6.30. The van der Waals surface area contributed by atoms with Crippen molar-refractivity contribution in [1.29, 1.82) is 0 Å². The van der Waals surface area contributed by atoms with Gasteiger partial charge in [0.05, 0.1) is 0 Å². The number of hydrogen-bond acceptors (Lipinski definition) is 1. The fraction of sp³-hybridized carbons (Fsp3) is 0.389. The minimum atomic E-state index is -4.60. The number of carbonyl (C=O) groups is 1. The number of carbonyl (C=O) groups excluding carboxylic acids is 1. The lowest BCUT2D eigenvalue weighted by molar-refractivity contribution is -0.128. The summed E-state index contributed by atoms with van der Waals surface area (Å²) in [7, 11) is 0. The maximum atomic E-state index is 12.9. The summed E-state index contributed by atoms with van der Waals surface area (Å²) in [5.74, 6) is -0.479. The third-order valence-corrected chi connectivity index (χ3v) is 3.67. The first-order chi connectivity index (χ1) is 10.9. The molecule has 1 rings (SSSR count). The van der Waals surface area contributed by atoms with Crippen LogP contribution in [0.15, 0.2) is 42.5 Å². The molecule has 0 saturated carbocycles. The number of nitrogens with zero attached hydrogens (tertiary/aromatic N) is 1. The van der Waals surface area contributed by atoms with Crippen molar-refractivity contribution in [1.82, 2.24) is 4.90 Å². The zero-order valence-electron chi connectivity index (χ0n) is 14.1. The second-order valence-corrected chi connectivity index (χ2v) is 6.42. The fourth-order valence-electron chi connectivity index (χ4n) is 2.36. The molecule has 0 saturated heterocycles. The number of halogens is 4. The lowest BCUT2D eigenvalue weighted by atomic mass is 10.0. The average Bonchev–Trinajstić information content (AvgIpc) is 2.43. The Morgan fingerprint density at radius 3 is 1.96 bits per heavy atom. The molecular weight excluding hydrogens is 339 g/mol. The van der Waals surface area contributed by atoms with Gasteiger partial charge >= 0.3 is 6.18 Å². The second-order valence-electron chi connectivity index (χ2n) is 5.99. The largest absolute Gasteiger partial charge is 0.415 e. The summed E-state index contributed by atoms with van der Waals surface area (Å²) in [5, 5.41) is 0.435. The van der Waals surface area contributed by atoms with Gasteiger partial charge in [-0.1, -0.05) is 30.3 Å². The Morgan fingerprint density at radius 1 is 1.12 bits per heavy atom. The number of hydrogen-bond donors (Lipinski definition) is 0. The Balaban J connectivity index is 3.43. The van der Waals surface area contributed by atoms with E-state index in [1.807, 2.05) is 27.7 Å². The van der Waals surface area contributed by atoms with Crippen molar-refractivity contribution >= 4 is 23.1 Å². The van der Waals surface area contributed by atoms with Crippen molar-refractivity contribution in [3.8, 4) is 0 Å². The number of allylic oxidation sites excluding steroid dienone is 2. The van der Waals surface area contributed by atoms with E-state index >= 15 is 0 Å². The van der Waals surface area contributed by atoms with Gasteiger partial charge in [0.15, 0.2) is 0 Å². The predicted molar refractivity (Wildman–Crippen MR) is 91.7 cm³/mol. The molecule has 1 aromatic rings. The van der Waals surface area contributed by atoms with Crippen molar-refractivity contribution < 1.29 is 18.0 Å². The summed E-state index contributed by atoms with van der Waals surface area (Å²) in [6, 6.07) is 5.79. The molecule has 0 aliphatic heterocycles. The molecule has 6 heteroatoms. The SMILES string of the molecule is C=C(/C=C(/C(=O)N(C(C)C)C(C)C)c1ccc(Cl)cc1)C(F)(F)F. The van der Waals surface area contributed by atoms with Crippen LogP contribution in [0.2, 0.25) is 5.02 Å². The number of rotatable bonds is 5. The van der Waals surface area contributed by atoms with Crippen LogP contribution in [0.25, 0.3) is 5.57 Å². The van der Waals surface area contributed by atoms with Gasteiger partial charge in [-0.25, -0.2) is 0 Å². The number of benzene rings is 1. The molecule has 0 spiro atoms. The molecule has 0 radical (unpaired) electrons. The van der Waals surface area contributed by atoms with E-state index in [2.05, 4.69) is 6.58 Å². The van der Waals surface area contributed by atoms with Crippen LogP contribution < -0.4 is 0 Å². The molecule has 0 aromatic heterocycles. The van der Waals surface area contributed by atoms with E-state index in [4.69, 9.17) is 11.6 Å². The zero-order chi connectivity index (χ0) is 18.7. The molecule has 0 fully saturated rings. The van der Waals surface area contributed by atoms with Gasteiger partial charge in [-0.15, -0.1) is 0 Å². The van der Waals surface area contributed by atoms with Gasteiger partial charge in [-0.2, -0.15) is 13.2 Å². The Kier molecular flexibility index (Phi) is 6.67. The van der Waals surface area contributed by atoms with Crippen LogP contribution in [0.3, 0.4) is 0 Å². The van der Waals surface area contributed by atoms with Gasteiger partial charge in [0.1, 0.15) is 0 Å². The van der Waals surface area contributed by atoms with Gasteiger partial charge in [-0.3, -0.25) is 4.79 Å². The quantitative estimate of drug-likeness (QED) is 0.503. The van der Waals surface area contributed by atoms with Gasteiger partial charge in [0.25, 0.3) is 5.91 Å². The molecule has 0 bridgehead atoms. The molecule has 0 aliphatic rings. The molecule has 132 valence electrons. The van der Waals surface area contributed by atoms with Gasteiger partial charge < -0.3 is 4.90 Å². The summed E-state index contributed by atoms with van der Waals surface area (Å²) in [6.07, 6.45) is -3.80. The molecule has 1 aromatic carbocycles. The number of alkyl halides is 3. The van der Waals surface area contributed by atoms with E-state index in [0.29, 0.717) is 10.6 Å². The number of amides is 1. The fourth-order valence-corrected chi connectivity index (χ4v) is 2.48. The smallest absolute Gasteiger partial charge is 0.334 e. The zero-order valence-corrected chi connectivity index (χ0v) is 14.9. The monoisotopic (exact) mass is 359 g/mol. The van der Waals surface area contributed by atoms with Gasteiger partial charge in [-0.05, 0) is 51.5 Å². The molecule has 0 N–H and O–H groups in total. The molecule has 2 nitrogen and oxygen atoms in total. The molecule has 0 aliphatic carbocycles. The molecule has 1 amide bonds. The van der Waals surface area contributed by atoms with Crippen LogP contribution in [-0.4, -0.2) is 29.1 Å². The maximum absolute atomic E-state index is 12.9. The first kappa shape index (κ1) is 20.3. The van der Waals surface area contributed by atoms with Crippen LogP contribution >= 0.6 is 11.6 Å². The van der Waals surface area contributed by atoms with Crippen molar-refractivity contribution in [3.05, 3.63) is 53.1 Å². The summed E-state index contributed by atoms with van der Waals surface area (Å²) < 4.78 is 38.6. The van der Waals surface area contributed by atoms with E-state index in [0.717, 1.165) is 6.08 Å². The van der Waals surface area contributed by atoms with Crippen molar-refractivity contribution in [2.45, 2.75) is 46.0 Å². The second kappa shape index (κ2) is 7.88. The van der Waals surface area contributed by atoms with Crippen LogP contribution in [-0.2, 0) is 4.79 Å². The van der Waals surface area contributed by atoms with E-state index in [9.17, 15) is 18.0 Å². The van der Waals surface area contributed by atoms with Gasteiger partial charge in [0.2, 0.25) is 0 Å². The third-order valence-electron chi connectivity index (χ3n) is 3.42. The lowest BCUT2D eigenvalue weighted by Gasteiger charge is -2.32. The Labute approximate surface area is 145 Å². The Morgan fingerprint density at radius 2 is 1.58 bits per heavy atom. The third kappa shape index (κ3) is 5.13. The first-order valence-electron chi connectivity index (χ1n) is 7.51. The molecule has 24 heavy (non-hydrogen) atoms. The first-order valence-corrected chi connectivity index (χ1v) is 7.89. The van der Waals surface area contributed by atoms with E-state index < -0.39 is 17.7 Å². The maximum Gasteiger partial charge on any atom is 0.415 e. The Hall–Kier alpha value is -1.75. The minimum Gasteiger partial charge on any atom is -0.334 e. The summed E-state index contributed by atoms with van der Waals surface area (Å²) in [4.78, 5) is 14.4. The van der Waals surface area contributed by atoms with Crippen LogP contribution in [0.4, 0.5) is 13.2 Å². The molecule has 0 unspecified atom stereocenters. The summed E-state index contributed by atoms with van der Waals surface area (Å²) in [5.41, 5.74) is -0.772. The van der Waals surface area contributed by atoms with Crippen molar-refractivity contribution in [2.75, 3.05) is 0 Å². The predicted octanol–water partition coefficient (Wildman–Crippen LogP) is 5.49.